The van der Waals surface area contributed by atoms with Gasteiger partial charge in [-0.05, 0) is 36.2 Å². The predicted octanol–water partition coefficient (Wildman–Crippen LogP) is 3.59. The van der Waals surface area contributed by atoms with Crippen LogP contribution in [0.3, 0.4) is 0 Å². The third kappa shape index (κ3) is 3.43. The van der Waals surface area contributed by atoms with Crippen LogP contribution in [0.5, 0.6) is 0 Å². The van der Waals surface area contributed by atoms with Gasteiger partial charge >= 0.3 is 11.9 Å². The fourth-order valence-electron chi connectivity index (χ4n) is 2.18. The molecule has 0 bridgehead atoms. The Kier molecular flexibility index (Phi) is 4.78. The van der Waals surface area contributed by atoms with Crippen LogP contribution in [-0.4, -0.2) is 22.2 Å². The van der Waals surface area contributed by atoms with E-state index in [4.69, 9.17) is 16.7 Å². The summed E-state index contributed by atoms with van der Waals surface area (Å²) in [5.41, 5.74) is 0.607. The fourth-order valence-corrected chi connectivity index (χ4v) is 2.47. The van der Waals surface area contributed by atoms with Crippen LogP contribution in [0.4, 0.5) is 4.39 Å². The summed E-state index contributed by atoms with van der Waals surface area (Å²) in [5.74, 6) is -4.10. The van der Waals surface area contributed by atoms with Crippen molar-refractivity contribution in [2.45, 2.75) is 12.3 Å². The first-order chi connectivity index (χ1) is 10.4. The van der Waals surface area contributed by atoms with E-state index < -0.39 is 23.7 Å². The van der Waals surface area contributed by atoms with E-state index in [0.717, 1.165) is 6.07 Å². The molecule has 0 spiro atoms. The maximum atomic E-state index is 13.9. The van der Waals surface area contributed by atoms with Gasteiger partial charge in [0.2, 0.25) is 0 Å². The number of hydrogen-bond acceptors (Lipinski definition) is 2. The summed E-state index contributed by atoms with van der Waals surface area (Å²) in [6.45, 7) is 0. The molecule has 0 aliphatic carbocycles. The van der Waals surface area contributed by atoms with Crippen LogP contribution in [0.25, 0.3) is 0 Å². The molecule has 0 aliphatic heterocycles. The van der Waals surface area contributed by atoms with Gasteiger partial charge in [0, 0.05) is 10.6 Å². The Labute approximate surface area is 130 Å². The van der Waals surface area contributed by atoms with Crippen LogP contribution >= 0.6 is 11.6 Å². The third-order valence-electron chi connectivity index (χ3n) is 3.29. The van der Waals surface area contributed by atoms with Gasteiger partial charge in [0.1, 0.15) is 5.82 Å². The average Bonchev–Trinajstić information content (AvgIpc) is 2.46. The van der Waals surface area contributed by atoms with E-state index in [-0.39, 0.29) is 22.6 Å². The van der Waals surface area contributed by atoms with Gasteiger partial charge < -0.3 is 10.2 Å². The lowest BCUT2D eigenvalue weighted by Gasteiger charge is -2.15. The number of aromatic carboxylic acids is 1. The molecule has 0 saturated heterocycles. The number of benzene rings is 2. The van der Waals surface area contributed by atoms with Gasteiger partial charge in [-0.25, -0.2) is 9.18 Å². The van der Waals surface area contributed by atoms with Crippen molar-refractivity contribution in [2.24, 2.45) is 0 Å². The highest BCUT2D eigenvalue weighted by molar-refractivity contribution is 6.31. The Balaban J connectivity index is 2.34. The standard InChI is InChI=1S/C16H12ClFO4/c17-12-2-1-3-13(18)14(12)11(16(21)22)8-9-4-6-10(7-5-9)15(19)20/h1-7,11H,8H2,(H,19,20)(H,21,22). The summed E-state index contributed by atoms with van der Waals surface area (Å²) in [6, 6.07) is 9.76. The highest BCUT2D eigenvalue weighted by atomic mass is 35.5. The normalized spacial score (nSPS) is 11.9. The molecule has 0 aromatic heterocycles. The maximum absolute atomic E-state index is 13.9. The zero-order chi connectivity index (χ0) is 16.3. The quantitative estimate of drug-likeness (QED) is 0.882. The Bertz CT molecular complexity index is 692. The second-order valence-electron chi connectivity index (χ2n) is 4.73. The summed E-state index contributed by atoms with van der Waals surface area (Å²) in [4.78, 5) is 22.3. The molecule has 0 fully saturated rings. The first-order valence-electron chi connectivity index (χ1n) is 6.39. The van der Waals surface area contributed by atoms with E-state index in [0.29, 0.717) is 5.56 Å². The Hall–Kier alpha value is -2.40. The van der Waals surface area contributed by atoms with Crippen LogP contribution in [0, 0.1) is 5.82 Å². The summed E-state index contributed by atoms with van der Waals surface area (Å²) in [7, 11) is 0. The summed E-state index contributed by atoms with van der Waals surface area (Å²) >= 11 is 5.92. The van der Waals surface area contributed by atoms with E-state index in [1.807, 2.05) is 0 Å². The molecule has 0 radical (unpaired) electrons. The SMILES string of the molecule is O=C(O)c1ccc(CC(C(=O)O)c2c(F)cccc2Cl)cc1. The predicted molar refractivity (Wildman–Crippen MR) is 78.9 cm³/mol. The number of halogens is 2. The van der Waals surface area contributed by atoms with Gasteiger partial charge in [-0.15, -0.1) is 0 Å². The Morgan fingerprint density at radius 1 is 1.09 bits per heavy atom. The molecule has 2 aromatic carbocycles. The molecule has 2 aromatic rings. The monoisotopic (exact) mass is 322 g/mol. The van der Waals surface area contributed by atoms with E-state index in [2.05, 4.69) is 0 Å². The minimum absolute atomic E-state index is 0.00981. The third-order valence-corrected chi connectivity index (χ3v) is 3.62. The Morgan fingerprint density at radius 2 is 1.73 bits per heavy atom. The molecule has 1 unspecified atom stereocenters. The minimum Gasteiger partial charge on any atom is -0.481 e. The fraction of sp³-hybridized carbons (Fsp3) is 0.125. The minimum atomic E-state index is -1.20. The lowest BCUT2D eigenvalue weighted by Crippen LogP contribution is -2.16. The lowest BCUT2D eigenvalue weighted by atomic mass is 9.91. The largest absolute Gasteiger partial charge is 0.481 e. The molecule has 4 nitrogen and oxygen atoms in total. The molecule has 114 valence electrons. The second-order valence-corrected chi connectivity index (χ2v) is 5.14. The number of carboxylic acid groups (broad SMARTS) is 2. The van der Waals surface area contributed by atoms with Crippen LogP contribution in [0.2, 0.25) is 5.02 Å². The topological polar surface area (TPSA) is 74.6 Å². The number of carboxylic acids is 2. The first-order valence-corrected chi connectivity index (χ1v) is 6.77. The number of rotatable bonds is 5. The van der Waals surface area contributed by atoms with E-state index in [1.165, 1.54) is 36.4 Å². The molecule has 6 heteroatoms. The van der Waals surface area contributed by atoms with Crippen LogP contribution in [0.15, 0.2) is 42.5 Å². The summed E-state index contributed by atoms with van der Waals surface area (Å²) < 4.78 is 13.9. The highest BCUT2D eigenvalue weighted by Crippen LogP contribution is 2.30. The van der Waals surface area contributed by atoms with E-state index in [1.54, 1.807) is 0 Å². The van der Waals surface area contributed by atoms with E-state index in [9.17, 15) is 19.1 Å². The van der Waals surface area contributed by atoms with Crippen LogP contribution < -0.4 is 0 Å². The van der Waals surface area contributed by atoms with Crippen molar-refractivity contribution in [1.82, 2.24) is 0 Å². The van der Waals surface area contributed by atoms with Crippen molar-refractivity contribution in [1.29, 1.82) is 0 Å². The van der Waals surface area contributed by atoms with E-state index >= 15 is 0 Å². The van der Waals surface area contributed by atoms with Crippen LogP contribution in [-0.2, 0) is 11.2 Å². The van der Waals surface area contributed by atoms with Crippen molar-refractivity contribution >= 4 is 23.5 Å². The van der Waals surface area contributed by atoms with Crippen LogP contribution in [0.1, 0.15) is 27.4 Å². The lowest BCUT2D eigenvalue weighted by molar-refractivity contribution is -0.138. The molecule has 0 aliphatic rings. The average molecular weight is 323 g/mol. The van der Waals surface area contributed by atoms with Gasteiger partial charge in [-0.3, -0.25) is 4.79 Å². The molecule has 22 heavy (non-hydrogen) atoms. The molecular formula is C16H12ClFO4. The highest BCUT2D eigenvalue weighted by Gasteiger charge is 2.26. The zero-order valence-corrected chi connectivity index (χ0v) is 12.0. The maximum Gasteiger partial charge on any atom is 0.335 e. The van der Waals surface area contributed by atoms with Gasteiger partial charge in [0.25, 0.3) is 0 Å². The number of carbonyl (C=O) groups is 2. The molecule has 1 atom stereocenters. The summed E-state index contributed by atoms with van der Waals surface area (Å²) in [5, 5.41) is 18.2. The van der Waals surface area contributed by atoms with Gasteiger partial charge in [0.15, 0.2) is 0 Å². The number of hydrogen-bond donors (Lipinski definition) is 2. The zero-order valence-electron chi connectivity index (χ0n) is 11.3. The number of aliphatic carboxylic acids is 1. The van der Waals surface area contributed by atoms with Gasteiger partial charge in [0.05, 0.1) is 11.5 Å². The molecule has 0 amide bonds. The van der Waals surface area contributed by atoms with Crippen molar-refractivity contribution in [2.75, 3.05) is 0 Å². The molecule has 0 heterocycles. The van der Waals surface area contributed by atoms with Crippen molar-refractivity contribution in [3.05, 3.63) is 70.0 Å². The molecule has 2 rings (SSSR count). The summed E-state index contributed by atoms with van der Waals surface area (Å²) in [6.07, 6.45) is 0.00981. The Morgan fingerprint density at radius 3 is 2.23 bits per heavy atom. The molecule has 2 N–H and O–H groups in total. The smallest absolute Gasteiger partial charge is 0.335 e. The molecular weight excluding hydrogens is 311 g/mol. The van der Waals surface area contributed by atoms with Crippen molar-refractivity contribution < 1.29 is 24.2 Å². The second kappa shape index (κ2) is 6.58. The molecule has 0 saturated carbocycles. The first kappa shape index (κ1) is 16.0. The van der Waals surface area contributed by atoms with Gasteiger partial charge in [-0.1, -0.05) is 29.8 Å². The van der Waals surface area contributed by atoms with Crippen molar-refractivity contribution in [3.8, 4) is 0 Å². The van der Waals surface area contributed by atoms with Crippen molar-refractivity contribution in [3.63, 3.8) is 0 Å². The van der Waals surface area contributed by atoms with Gasteiger partial charge in [-0.2, -0.15) is 0 Å².